The number of aliphatic hydroxyl groups is 1. The summed E-state index contributed by atoms with van der Waals surface area (Å²) in [5, 5.41) is 9.76. The molecule has 0 aromatic heterocycles. The quantitative estimate of drug-likeness (QED) is 0.471. The molecule has 0 radical (unpaired) electrons. The SMILES string of the molecule is CCCCCC(O)/C=C(\C)CCC=C(C)C. The Balaban J connectivity index is 3.78. The van der Waals surface area contributed by atoms with E-state index in [0.717, 1.165) is 25.7 Å². The van der Waals surface area contributed by atoms with Crippen LogP contribution in [0.25, 0.3) is 0 Å². The standard InChI is InChI=1S/C15H28O/c1-5-6-7-11-15(16)12-14(4)10-8-9-13(2)3/h9,12,15-16H,5-8,10-11H2,1-4H3/b14-12+. The molecule has 0 saturated heterocycles. The van der Waals surface area contributed by atoms with Gasteiger partial charge in [0.2, 0.25) is 0 Å². The lowest BCUT2D eigenvalue weighted by molar-refractivity contribution is 0.207. The number of hydrogen-bond acceptors (Lipinski definition) is 1. The second-order valence-electron chi connectivity index (χ2n) is 4.90. The van der Waals surface area contributed by atoms with E-state index in [9.17, 15) is 5.11 Å². The van der Waals surface area contributed by atoms with Crippen molar-refractivity contribution in [2.75, 3.05) is 0 Å². The molecule has 0 aliphatic heterocycles. The lowest BCUT2D eigenvalue weighted by Gasteiger charge is -2.07. The van der Waals surface area contributed by atoms with Gasteiger partial charge in [-0.15, -0.1) is 0 Å². The zero-order valence-electron chi connectivity index (χ0n) is 11.4. The Labute approximate surface area is 101 Å². The maximum Gasteiger partial charge on any atom is 0.0723 e. The van der Waals surface area contributed by atoms with Crippen LogP contribution in [0, 0.1) is 0 Å². The number of aliphatic hydroxyl groups excluding tert-OH is 1. The molecule has 0 amide bonds. The number of rotatable bonds is 8. The van der Waals surface area contributed by atoms with E-state index in [1.54, 1.807) is 0 Å². The van der Waals surface area contributed by atoms with Crippen LogP contribution in [0.15, 0.2) is 23.3 Å². The molecule has 1 atom stereocenters. The topological polar surface area (TPSA) is 20.2 Å². The van der Waals surface area contributed by atoms with E-state index < -0.39 is 0 Å². The zero-order chi connectivity index (χ0) is 12.4. The molecule has 1 N–H and O–H groups in total. The van der Waals surface area contributed by atoms with E-state index in [4.69, 9.17) is 0 Å². The molecule has 0 saturated carbocycles. The first kappa shape index (κ1) is 15.4. The molecule has 0 heterocycles. The van der Waals surface area contributed by atoms with Crippen molar-refractivity contribution >= 4 is 0 Å². The van der Waals surface area contributed by atoms with Crippen LogP contribution in [-0.2, 0) is 0 Å². The first-order valence-electron chi connectivity index (χ1n) is 6.55. The normalized spacial score (nSPS) is 13.7. The van der Waals surface area contributed by atoms with E-state index in [0.29, 0.717) is 0 Å². The Bertz CT molecular complexity index is 222. The number of hydrogen-bond donors (Lipinski definition) is 1. The Hall–Kier alpha value is -0.560. The Morgan fingerprint density at radius 3 is 2.44 bits per heavy atom. The van der Waals surface area contributed by atoms with Gasteiger partial charge in [-0.05, 0) is 40.0 Å². The van der Waals surface area contributed by atoms with Crippen molar-refractivity contribution in [1.82, 2.24) is 0 Å². The molecule has 0 aliphatic rings. The molecule has 0 aliphatic carbocycles. The third-order valence-electron chi connectivity index (χ3n) is 2.67. The van der Waals surface area contributed by atoms with Crippen LogP contribution in [0.3, 0.4) is 0 Å². The predicted octanol–water partition coefficient (Wildman–Crippen LogP) is 4.62. The van der Waals surface area contributed by atoms with Gasteiger partial charge in [0.25, 0.3) is 0 Å². The van der Waals surface area contributed by atoms with E-state index >= 15 is 0 Å². The minimum atomic E-state index is -0.238. The van der Waals surface area contributed by atoms with Gasteiger partial charge in [0, 0.05) is 0 Å². The summed E-state index contributed by atoms with van der Waals surface area (Å²) in [5.41, 5.74) is 2.68. The van der Waals surface area contributed by atoms with Crippen molar-refractivity contribution in [2.24, 2.45) is 0 Å². The van der Waals surface area contributed by atoms with Gasteiger partial charge in [-0.3, -0.25) is 0 Å². The third-order valence-corrected chi connectivity index (χ3v) is 2.67. The van der Waals surface area contributed by atoms with Gasteiger partial charge in [-0.1, -0.05) is 49.5 Å². The second kappa shape index (κ2) is 9.65. The first-order valence-corrected chi connectivity index (χ1v) is 6.55. The molecule has 0 fully saturated rings. The van der Waals surface area contributed by atoms with Crippen molar-refractivity contribution in [3.63, 3.8) is 0 Å². The molecule has 16 heavy (non-hydrogen) atoms. The smallest absolute Gasteiger partial charge is 0.0723 e. The maximum atomic E-state index is 9.76. The minimum Gasteiger partial charge on any atom is -0.389 e. The highest BCUT2D eigenvalue weighted by atomic mass is 16.3. The van der Waals surface area contributed by atoms with Gasteiger partial charge in [-0.2, -0.15) is 0 Å². The Morgan fingerprint density at radius 1 is 1.19 bits per heavy atom. The predicted molar refractivity (Wildman–Crippen MR) is 72.6 cm³/mol. The van der Waals surface area contributed by atoms with Crippen LogP contribution in [0.1, 0.15) is 66.2 Å². The molecule has 0 bridgehead atoms. The Kier molecular flexibility index (Phi) is 9.31. The van der Waals surface area contributed by atoms with Gasteiger partial charge in [0.15, 0.2) is 0 Å². The molecule has 1 unspecified atom stereocenters. The van der Waals surface area contributed by atoms with E-state index in [-0.39, 0.29) is 6.10 Å². The van der Waals surface area contributed by atoms with Gasteiger partial charge in [0.05, 0.1) is 6.10 Å². The lowest BCUT2D eigenvalue weighted by atomic mass is 10.1. The monoisotopic (exact) mass is 224 g/mol. The van der Waals surface area contributed by atoms with E-state index in [1.165, 1.54) is 24.0 Å². The second-order valence-corrected chi connectivity index (χ2v) is 4.90. The Morgan fingerprint density at radius 2 is 1.88 bits per heavy atom. The summed E-state index contributed by atoms with van der Waals surface area (Å²) < 4.78 is 0. The highest BCUT2D eigenvalue weighted by molar-refractivity contribution is 5.04. The molecular formula is C15H28O. The number of unbranched alkanes of at least 4 members (excludes halogenated alkanes) is 2. The summed E-state index contributed by atoms with van der Waals surface area (Å²) in [6, 6.07) is 0. The van der Waals surface area contributed by atoms with Crippen molar-refractivity contribution in [1.29, 1.82) is 0 Å². The largest absolute Gasteiger partial charge is 0.389 e. The third kappa shape index (κ3) is 9.97. The summed E-state index contributed by atoms with van der Waals surface area (Å²) in [6.07, 6.45) is 10.7. The lowest BCUT2D eigenvalue weighted by Crippen LogP contribution is -2.02. The van der Waals surface area contributed by atoms with Crippen LogP contribution >= 0.6 is 0 Å². The minimum absolute atomic E-state index is 0.238. The molecular weight excluding hydrogens is 196 g/mol. The molecule has 94 valence electrons. The number of allylic oxidation sites excluding steroid dienone is 3. The average molecular weight is 224 g/mol. The summed E-state index contributed by atoms with van der Waals surface area (Å²) in [4.78, 5) is 0. The molecule has 0 aromatic rings. The van der Waals surface area contributed by atoms with Gasteiger partial charge < -0.3 is 5.11 Å². The van der Waals surface area contributed by atoms with Crippen molar-refractivity contribution in [3.05, 3.63) is 23.3 Å². The zero-order valence-corrected chi connectivity index (χ0v) is 11.4. The molecule has 0 rings (SSSR count). The fraction of sp³-hybridized carbons (Fsp3) is 0.733. The van der Waals surface area contributed by atoms with Gasteiger partial charge in [-0.25, -0.2) is 0 Å². The van der Waals surface area contributed by atoms with Gasteiger partial charge >= 0.3 is 0 Å². The fourth-order valence-corrected chi connectivity index (χ4v) is 1.69. The maximum absolute atomic E-state index is 9.76. The summed E-state index contributed by atoms with van der Waals surface area (Å²) >= 11 is 0. The van der Waals surface area contributed by atoms with Gasteiger partial charge in [0.1, 0.15) is 0 Å². The summed E-state index contributed by atoms with van der Waals surface area (Å²) in [5.74, 6) is 0. The van der Waals surface area contributed by atoms with Crippen molar-refractivity contribution in [3.8, 4) is 0 Å². The van der Waals surface area contributed by atoms with Crippen LogP contribution in [0.4, 0.5) is 0 Å². The highest BCUT2D eigenvalue weighted by Gasteiger charge is 2.00. The van der Waals surface area contributed by atoms with E-state index in [2.05, 4.69) is 33.8 Å². The van der Waals surface area contributed by atoms with Crippen LogP contribution in [-0.4, -0.2) is 11.2 Å². The van der Waals surface area contributed by atoms with Crippen molar-refractivity contribution < 1.29 is 5.11 Å². The summed E-state index contributed by atoms with van der Waals surface area (Å²) in [7, 11) is 0. The van der Waals surface area contributed by atoms with E-state index in [1.807, 2.05) is 6.08 Å². The molecule has 0 aromatic carbocycles. The molecule has 1 heteroatoms. The average Bonchev–Trinajstić information content (AvgIpc) is 2.17. The van der Waals surface area contributed by atoms with Crippen LogP contribution in [0.5, 0.6) is 0 Å². The van der Waals surface area contributed by atoms with Crippen molar-refractivity contribution in [2.45, 2.75) is 72.3 Å². The summed E-state index contributed by atoms with van der Waals surface area (Å²) in [6.45, 7) is 8.55. The highest BCUT2D eigenvalue weighted by Crippen LogP contribution is 2.11. The fourth-order valence-electron chi connectivity index (χ4n) is 1.69. The van der Waals surface area contributed by atoms with Crippen LogP contribution in [0.2, 0.25) is 0 Å². The van der Waals surface area contributed by atoms with Crippen LogP contribution < -0.4 is 0 Å². The molecule has 0 spiro atoms. The first-order chi connectivity index (χ1) is 7.56. The molecule has 1 nitrogen and oxygen atoms in total.